The highest BCUT2D eigenvalue weighted by Gasteiger charge is 2.18. The predicted molar refractivity (Wildman–Crippen MR) is 119 cm³/mol. The van der Waals surface area contributed by atoms with Crippen LogP contribution in [-0.2, 0) is 6.54 Å². The lowest BCUT2D eigenvalue weighted by Gasteiger charge is -2.23. The summed E-state index contributed by atoms with van der Waals surface area (Å²) in [6, 6.07) is 14.2. The van der Waals surface area contributed by atoms with Gasteiger partial charge in [0.2, 0.25) is 0 Å². The Kier molecular flexibility index (Phi) is 6.33. The van der Waals surface area contributed by atoms with Crippen LogP contribution in [0, 0.1) is 0 Å². The second-order valence-corrected chi connectivity index (χ2v) is 8.06. The Morgan fingerprint density at radius 1 is 1.20 bits per heavy atom. The maximum absolute atomic E-state index is 12.7. The van der Waals surface area contributed by atoms with Gasteiger partial charge in [-0.3, -0.25) is 9.48 Å². The molecule has 0 bridgehead atoms. The summed E-state index contributed by atoms with van der Waals surface area (Å²) in [5.74, 6) is 0.798. The zero-order valence-corrected chi connectivity index (χ0v) is 17.8. The molecule has 1 saturated heterocycles. The molecule has 1 amide bonds. The van der Waals surface area contributed by atoms with Gasteiger partial charge in [0.1, 0.15) is 5.75 Å². The molecule has 0 spiro atoms. The van der Waals surface area contributed by atoms with Crippen LogP contribution in [0.2, 0.25) is 0 Å². The fourth-order valence-corrected chi connectivity index (χ4v) is 4.14. The molecule has 1 fully saturated rings. The van der Waals surface area contributed by atoms with Gasteiger partial charge in [-0.25, -0.2) is 0 Å². The van der Waals surface area contributed by atoms with Gasteiger partial charge in [0.15, 0.2) is 0 Å². The monoisotopic (exact) mass is 406 g/mol. The predicted octanol–water partition coefficient (Wildman–Crippen LogP) is 3.70. The minimum atomic E-state index is -0.0281. The number of likely N-dealkylation sites (tertiary alicyclic amines) is 1. The number of carbonyl (C=O) groups excluding carboxylic acids is 1. The Morgan fingerprint density at radius 3 is 2.83 bits per heavy atom. The summed E-state index contributed by atoms with van der Waals surface area (Å²) in [5.41, 5.74) is 2.73. The van der Waals surface area contributed by atoms with Crippen LogP contribution in [0.5, 0.6) is 5.75 Å². The van der Waals surface area contributed by atoms with E-state index in [2.05, 4.69) is 22.2 Å². The molecule has 1 N–H and O–H groups in total. The van der Waals surface area contributed by atoms with Crippen molar-refractivity contribution >= 4 is 16.8 Å². The van der Waals surface area contributed by atoms with Crippen LogP contribution in [0.25, 0.3) is 10.9 Å². The molecule has 0 aliphatic carbocycles. The number of benzene rings is 2. The molecule has 6 nitrogen and oxygen atoms in total. The van der Waals surface area contributed by atoms with Gasteiger partial charge in [0.25, 0.3) is 5.91 Å². The van der Waals surface area contributed by atoms with Gasteiger partial charge < -0.3 is 15.0 Å². The van der Waals surface area contributed by atoms with E-state index in [4.69, 9.17) is 4.74 Å². The number of rotatable bonds is 8. The van der Waals surface area contributed by atoms with Crippen molar-refractivity contribution < 1.29 is 9.53 Å². The van der Waals surface area contributed by atoms with Crippen molar-refractivity contribution in [2.45, 2.75) is 38.8 Å². The Hall–Kier alpha value is -2.86. The molecule has 4 rings (SSSR count). The van der Waals surface area contributed by atoms with Crippen molar-refractivity contribution in [3.05, 3.63) is 59.8 Å². The van der Waals surface area contributed by atoms with E-state index in [1.165, 1.54) is 25.9 Å². The van der Waals surface area contributed by atoms with Crippen LogP contribution < -0.4 is 10.1 Å². The summed E-state index contributed by atoms with van der Waals surface area (Å²) in [5, 5.41) is 8.62. The van der Waals surface area contributed by atoms with E-state index < -0.39 is 0 Å². The number of methoxy groups -OCH3 is 1. The molecule has 1 aromatic heterocycles. The van der Waals surface area contributed by atoms with Crippen LogP contribution in [0.15, 0.2) is 48.7 Å². The van der Waals surface area contributed by atoms with E-state index in [0.29, 0.717) is 24.7 Å². The molecule has 158 valence electrons. The molecule has 2 heterocycles. The molecule has 1 aliphatic rings. The van der Waals surface area contributed by atoms with Crippen molar-refractivity contribution in [1.82, 2.24) is 20.0 Å². The lowest BCUT2D eigenvalue weighted by Crippen LogP contribution is -2.34. The second-order valence-electron chi connectivity index (χ2n) is 8.06. The molecule has 6 heteroatoms. The maximum atomic E-state index is 12.7. The molecule has 30 heavy (non-hydrogen) atoms. The first-order valence-electron chi connectivity index (χ1n) is 10.7. The van der Waals surface area contributed by atoms with E-state index in [1.807, 2.05) is 53.3 Å². The fraction of sp³-hybridized carbons (Fsp3) is 0.417. The zero-order valence-electron chi connectivity index (χ0n) is 17.8. The van der Waals surface area contributed by atoms with Crippen molar-refractivity contribution in [3.63, 3.8) is 0 Å². The highest BCUT2D eigenvalue weighted by atomic mass is 16.5. The van der Waals surface area contributed by atoms with E-state index in [-0.39, 0.29) is 5.91 Å². The maximum Gasteiger partial charge on any atom is 0.251 e. The topological polar surface area (TPSA) is 59.4 Å². The van der Waals surface area contributed by atoms with Crippen LogP contribution in [0.3, 0.4) is 0 Å². The number of hydrogen-bond donors (Lipinski definition) is 1. The van der Waals surface area contributed by atoms with E-state index in [9.17, 15) is 4.79 Å². The number of nitrogens with one attached hydrogen (secondary N) is 1. The van der Waals surface area contributed by atoms with Crippen LogP contribution >= 0.6 is 0 Å². The van der Waals surface area contributed by atoms with Gasteiger partial charge in [0.05, 0.1) is 25.4 Å². The van der Waals surface area contributed by atoms with Crippen LogP contribution in [0.1, 0.15) is 42.1 Å². The Balaban J connectivity index is 1.41. The minimum Gasteiger partial charge on any atom is -0.497 e. The van der Waals surface area contributed by atoms with E-state index >= 15 is 0 Å². The lowest BCUT2D eigenvalue weighted by atomic mass is 10.1. The van der Waals surface area contributed by atoms with Gasteiger partial charge >= 0.3 is 0 Å². The molecule has 3 aromatic rings. The summed E-state index contributed by atoms with van der Waals surface area (Å²) < 4.78 is 7.24. The minimum absolute atomic E-state index is 0.0281. The third-order valence-corrected chi connectivity index (χ3v) is 5.99. The number of nitrogens with zero attached hydrogens (tertiary/aromatic N) is 3. The number of ether oxygens (including phenoxy) is 1. The number of amides is 1. The number of carbonyl (C=O) groups is 1. The van der Waals surface area contributed by atoms with Crippen LogP contribution in [-0.4, -0.2) is 53.4 Å². The molecule has 0 radical (unpaired) electrons. The molecule has 1 aliphatic heterocycles. The number of fused-ring (bicyclic) bond motifs is 1. The SMILES string of the molecule is COc1cccc(Cn2ncc3ccc(C(=O)NCCC(C)N4CCCC4)cc32)c1. The summed E-state index contributed by atoms with van der Waals surface area (Å²) in [6.07, 6.45) is 5.40. The molecular formula is C24H30N4O2. The average molecular weight is 407 g/mol. The first kappa shape index (κ1) is 20.4. The number of hydrogen-bond acceptors (Lipinski definition) is 4. The normalized spacial score (nSPS) is 15.4. The summed E-state index contributed by atoms with van der Waals surface area (Å²) in [7, 11) is 1.67. The summed E-state index contributed by atoms with van der Waals surface area (Å²) in [4.78, 5) is 15.2. The first-order valence-corrected chi connectivity index (χ1v) is 10.7. The van der Waals surface area contributed by atoms with Gasteiger partial charge in [0, 0.05) is 23.5 Å². The number of aromatic nitrogens is 2. The molecule has 1 unspecified atom stereocenters. The lowest BCUT2D eigenvalue weighted by molar-refractivity contribution is 0.0949. The first-order chi connectivity index (χ1) is 14.6. The van der Waals surface area contributed by atoms with Crippen molar-refractivity contribution in [1.29, 1.82) is 0 Å². The van der Waals surface area contributed by atoms with Gasteiger partial charge in [-0.2, -0.15) is 5.10 Å². The van der Waals surface area contributed by atoms with Gasteiger partial charge in [-0.15, -0.1) is 0 Å². The molecule has 0 saturated carbocycles. The smallest absolute Gasteiger partial charge is 0.251 e. The fourth-order valence-electron chi connectivity index (χ4n) is 4.14. The molecular weight excluding hydrogens is 376 g/mol. The summed E-state index contributed by atoms with van der Waals surface area (Å²) in [6.45, 7) is 5.93. The standard InChI is InChI=1S/C24H30N4O2/c1-18(27-12-3-4-13-27)10-11-25-24(29)20-8-9-21-16-26-28(23(21)15-20)17-19-6-5-7-22(14-19)30-2/h5-9,14-16,18H,3-4,10-13,17H2,1-2H3,(H,25,29). The van der Waals surface area contributed by atoms with Crippen molar-refractivity contribution in [2.75, 3.05) is 26.7 Å². The average Bonchev–Trinajstić information content (AvgIpc) is 3.44. The van der Waals surface area contributed by atoms with Gasteiger partial charge in [-0.1, -0.05) is 18.2 Å². The second kappa shape index (κ2) is 9.30. The quantitative estimate of drug-likeness (QED) is 0.620. The Bertz CT molecular complexity index is 1010. The molecule has 2 aromatic carbocycles. The van der Waals surface area contributed by atoms with Gasteiger partial charge in [-0.05, 0) is 69.1 Å². The third kappa shape index (κ3) is 4.65. The van der Waals surface area contributed by atoms with Crippen molar-refractivity contribution in [3.8, 4) is 5.75 Å². The molecule has 1 atom stereocenters. The largest absolute Gasteiger partial charge is 0.497 e. The summed E-state index contributed by atoms with van der Waals surface area (Å²) >= 11 is 0. The van der Waals surface area contributed by atoms with E-state index in [1.54, 1.807) is 7.11 Å². The Labute approximate surface area is 177 Å². The third-order valence-electron chi connectivity index (χ3n) is 5.99. The van der Waals surface area contributed by atoms with Crippen molar-refractivity contribution in [2.24, 2.45) is 0 Å². The van der Waals surface area contributed by atoms with Crippen LogP contribution in [0.4, 0.5) is 0 Å². The highest BCUT2D eigenvalue weighted by Crippen LogP contribution is 2.19. The zero-order chi connectivity index (χ0) is 20.9. The van der Waals surface area contributed by atoms with E-state index in [0.717, 1.165) is 28.6 Å². The Morgan fingerprint density at radius 2 is 2.03 bits per heavy atom. The highest BCUT2D eigenvalue weighted by molar-refractivity contribution is 5.97.